The number of rotatable bonds is 4. The minimum Gasteiger partial charge on any atom is -0.329 e. The van der Waals surface area contributed by atoms with Gasteiger partial charge in [-0.15, -0.1) is 11.6 Å². The van der Waals surface area contributed by atoms with Crippen LogP contribution in [0.2, 0.25) is 5.15 Å². The van der Waals surface area contributed by atoms with Crippen molar-refractivity contribution >= 4 is 34.7 Å². The van der Waals surface area contributed by atoms with Crippen LogP contribution >= 0.6 is 23.2 Å². The molecule has 0 bridgehead atoms. The number of alkyl halides is 1. The monoisotopic (exact) mass is 295 g/mol. The second kappa shape index (κ2) is 6.22. The topological polar surface area (TPSA) is 29.0 Å². The fraction of sp³-hybridized carbons (Fsp3) is 0.286. The van der Waals surface area contributed by atoms with E-state index in [1.165, 1.54) is 11.9 Å². The third kappa shape index (κ3) is 2.99. The first kappa shape index (κ1) is 14.1. The lowest BCUT2D eigenvalue weighted by molar-refractivity contribution is 1.04. The average Bonchev–Trinajstić information content (AvgIpc) is 2.46. The number of aromatic nitrogens is 2. The van der Waals surface area contributed by atoms with E-state index in [4.69, 9.17) is 23.2 Å². The van der Waals surface area contributed by atoms with Crippen LogP contribution in [0.4, 0.5) is 11.5 Å². The molecule has 19 heavy (non-hydrogen) atoms. The van der Waals surface area contributed by atoms with Gasteiger partial charge in [-0.05, 0) is 24.1 Å². The van der Waals surface area contributed by atoms with Crippen LogP contribution < -0.4 is 4.90 Å². The lowest BCUT2D eigenvalue weighted by Gasteiger charge is -2.21. The second-order valence-electron chi connectivity index (χ2n) is 4.18. The van der Waals surface area contributed by atoms with Gasteiger partial charge < -0.3 is 4.90 Å². The maximum absolute atomic E-state index is 6.05. The van der Waals surface area contributed by atoms with E-state index >= 15 is 0 Å². The number of nitrogens with zero attached hydrogens (tertiary/aromatic N) is 3. The van der Waals surface area contributed by atoms with Crippen LogP contribution in [0.15, 0.2) is 30.6 Å². The molecule has 0 saturated carbocycles. The molecule has 0 aliphatic heterocycles. The third-order valence-electron chi connectivity index (χ3n) is 3.05. The first-order chi connectivity index (χ1) is 9.17. The molecule has 0 radical (unpaired) electrons. The van der Waals surface area contributed by atoms with E-state index in [0.29, 0.717) is 5.15 Å². The smallest absolute Gasteiger partial charge is 0.142 e. The van der Waals surface area contributed by atoms with E-state index in [1.54, 1.807) is 0 Å². The van der Waals surface area contributed by atoms with Crippen molar-refractivity contribution in [2.45, 2.75) is 19.2 Å². The van der Waals surface area contributed by atoms with Gasteiger partial charge in [-0.2, -0.15) is 0 Å². The van der Waals surface area contributed by atoms with Gasteiger partial charge in [0.05, 0.1) is 5.88 Å². The molecule has 1 heterocycles. The Labute approximate surface area is 123 Å². The highest BCUT2D eigenvalue weighted by atomic mass is 35.5. The molecule has 2 rings (SSSR count). The van der Waals surface area contributed by atoms with Gasteiger partial charge in [0.1, 0.15) is 17.3 Å². The van der Waals surface area contributed by atoms with Gasteiger partial charge in [0.15, 0.2) is 0 Å². The summed E-state index contributed by atoms with van der Waals surface area (Å²) in [5.74, 6) is 1.02. The molecule has 100 valence electrons. The summed E-state index contributed by atoms with van der Waals surface area (Å²) in [6.07, 6.45) is 2.47. The lowest BCUT2D eigenvalue weighted by Crippen LogP contribution is -2.14. The van der Waals surface area contributed by atoms with E-state index in [1.807, 2.05) is 11.9 Å². The van der Waals surface area contributed by atoms with Crippen molar-refractivity contribution in [1.82, 2.24) is 9.97 Å². The maximum Gasteiger partial charge on any atom is 0.142 e. The number of aryl methyl sites for hydroxylation is 1. The van der Waals surface area contributed by atoms with Crippen LogP contribution in [0.1, 0.15) is 18.1 Å². The van der Waals surface area contributed by atoms with Crippen molar-refractivity contribution in [3.8, 4) is 0 Å². The summed E-state index contributed by atoms with van der Waals surface area (Å²) in [6, 6.07) is 8.34. The molecule has 3 nitrogen and oxygen atoms in total. The minimum absolute atomic E-state index is 0.284. The number of benzene rings is 1. The summed E-state index contributed by atoms with van der Waals surface area (Å²) in [5, 5.41) is 0.400. The van der Waals surface area contributed by atoms with Crippen molar-refractivity contribution in [2.24, 2.45) is 0 Å². The molecule has 0 spiro atoms. The van der Waals surface area contributed by atoms with Crippen LogP contribution in [0.5, 0.6) is 0 Å². The van der Waals surface area contributed by atoms with Gasteiger partial charge in [0, 0.05) is 18.3 Å². The second-order valence-corrected chi connectivity index (χ2v) is 4.80. The minimum atomic E-state index is 0.284. The molecule has 0 unspecified atom stereocenters. The molecular formula is C14H15Cl2N3. The zero-order chi connectivity index (χ0) is 13.8. The summed E-state index contributed by atoms with van der Waals surface area (Å²) in [6.45, 7) is 2.13. The Morgan fingerprint density at radius 2 is 1.84 bits per heavy atom. The van der Waals surface area contributed by atoms with Crippen molar-refractivity contribution in [3.05, 3.63) is 46.9 Å². The van der Waals surface area contributed by atoms with Gasteiger partial charge in [-0.25, -0.2) is 9.97 Å². The van der Waals surface area contributed by atoms with E-state index in [0.717, 1.165) is 23.5 Å². The molecule has 0 saturated heterocycles. The number of anilines is 2. The van der Waals surface area contributed by atoms with Crippen LogP contribution in [-0.2, 0) is 12.3 Å². The fourth-order valence-electron chi connectivity index (χ4n) is 1.86. The summed E-state index contributed by atoms with van der Waals surface area (Å²) in [4.78, 5) is 10.2. The van der Waals surface area contributed by atoms with Gasteiger partial charge in [0.2, 0.25) is 0 Å². The standard InChI is InChI=1S/C14H15Cl2N3/c1-3-10-4-6-11(7-5-10)19(2)14-12(8-15)13(16)17-9-18-14/h4-7,9H,3,8H2,1-2H3. The highest BCUT2D eigenvalue weighted by Crippen LogP contribution is 2.29. The van der Waals surface area contributed by atoms with Crippen LogP contribution in [-0.4, -0.2) is 17.0 Å². The maximum atomic E-state index is 6.05. The molecule has 5 heteroatoms. The normalized spacial score (nSPS) is 10.5. The summed E-state index contributed by atoms with van der Waals surface area (Å²) in [5.41, 5.74) is 3.08. The molecule has 0 fully saturated rings. The molecule has 0 aliphatic rings. The quantitative estimate of drug-likeness (QED) is 0.625. The Morgan fingerprint density at radius 3 is 2.42 bits per heavy atom. The van der Waals surface area contributed by atoms with Crippen molar-refractivity contribution in [2.75, 3.05) is 11.9 Å². The highest BCUT2D eigenvalue weighted by molar-refractivity contribution is 6.31. The van der Waals surface area contributed by atoms with E-state index in [2.05, 4.69) is 41.2 Å². The van der Waals surface area contributed by atoms with Crippen molar-refractivity contribution in [3.63, 3.8) is 0 Å². The molecular weight excluding hydrogens is 281 g/mol. The first-order valence-electron chi connectivity index (χ1n) is 6.05. The molecule has 0 aliphatic carbocycles. The van der Waals surface area contributed by atoms with E-state index in [9.17, 15) is 0 Å². The lowest BCUT2D eigenvalue weighted by atomic mass is 10.1. The fourth-order valence-corrected chi connectivity index (χ4v) is 2.37. The average molecular weight is 296 g/mol. The summed E-state index contributed by atoms with van der Waals surface area (Å²) < 4.78 is 0. The molecule has 1 aromatic carbocycles. The SMILES string of the molecule is CCc1ccc(N(C)c2ncnc(Cl)c2CCl)cc1. The molecule has 0 atom stereocenters. The van der Waals surface area contributed by atoms with Gasteiger partial charge >= 0.3 is 0 Å². The Balaban J connectivity index is 2.37. The van der Waals surface area contributed by atoms with E-state index in [-0.39, 0.29) is 5.88 Å². The molecule has 0 amide bonds. The van der Waals surface area contributed by atoms with Gasteiger partial charge in [-0.3, -0.25) is 0 Å². The van der Waals surface area contributed by atoms with Crippen LogP contribution in [0.25, 0.3) is 0 Å². The Bertz CT molecular complexity index is 555. The number of hydrogen-bond acceptors (Lipinski definition) is 3. The zero-order valence-corrected chi connectivity index (χ0v) is 12.4. The van der Waals surface area contributed by atoms with Crippen LogP contribution in [0.3, 0.4) is 0 Å². The van der Waals surface area contributed by atoms with Crippen LogP contribution in [0, 0.1) is 0 Å². The number of halogens is 2. The van der Waals surface area contributed by atoms with Gasteiger partial charge in [0.25, 0.3) is 0 Å². The molecule has 0 N–H and O–H groups in total. The largest absolute Gasteiger partial charge is 0.329 e. The predicted molar refractivity (Wildman–Crippen MR) is 80.5 cm³/mol. The predicted octanol–water partition coefficient (Wildman–Crippen LogP) is 4.20. The van der Waals surface area contributed by atoms with Crippen molar-refractivity contribution < 1.29 is 0 Å². The molecule has 2 aromatic rings. The Morgan fingerprint density at radius 1 is 1.16 bits per heavy atom. The first-order valence-corrected chi connectivity index (χ1v) is 6.96. The third-order valence-corrected chi connectivity index (χ3v) is 3.65. The highest BCUT2D eigenvalue weighted by Gasteiger charge is 2.14. The van der Waals surface area contributed by atoms with E-state index < -0.39 is 0 Å². The van der Waals surface area contributed by atoms with Gasteiger partial charge in [-0.1, -0.05) is 30.7 Å². The zero-order valence-electron chi connectivity index (χ0n) is 10.9. The Kier molecular flexibility index (Phi) is 4.61. The Hall–Kier alpha value is -1.32. The number of hydrogen-bond donors (Lipinski definition) is 0. The molecule has 1 aromatic heterocycles. The van der Waals surface area contributed by atoms with Crippen molar-refractivity contribution in [1.29, 1.82) is 0 Å². The summed E-state index contributed by atoms with van der Waals surface area (Å²) in [7, 11) is 1.94. The summed E-state index contributed by atoms with van der Waals surface area (Å²) >= 11 is 12.0.